The van der Waals surface area contributed by atoms with Gasteiger partial charge in [0.05, 0.1) is 75.4 Å². The molecule has 1 aliphatic carbocycles. The minimum absolute atomic E-state index is 0.0516. The first kappa shape index (κ1) is 34.5. The van der Waals surface area contributed by atoms with E-state index in [9.17, 15) is 19.4 Å². The fourth-order valence-electron chi connectivity index (χ4n) is 5.40. The summed E-state index contributed by atoms with van der Waals surface area (Å²) in [4.78, 5) is -5.29. The Labute approximate surface area is 265 Å². The second-order valence-electron chi connectivity index (χ2n) is 9.92. The van der Waals surface area contributed by atoms with Gasteiger partial charge in [0.15, 0.2) is 5.75 Å². The van der Waals surface area contributed by atoms with E-state index in [4.69, 9.17) is 0 Å². The summed E-state index contributed by atoms with van der Waals surface area (Å²) < 4.78 is 133. The van der Waals surface area contributed by atoms with Crippen LogP contribution in [0.4, 0.5) is 37.0 Å². The van der Waals surface area contributed by atoms with Crippen LogP contribution < -0.4 is 4.74 Å². The number of alkyl halides is 2. The Morgan fingerprint density at radius 2 is 1.16 bits per heavy atom. The van der Waals surface area contributed by atoms with Crippen LogP contribution in [0.5, 0.6) is 5.75 Å². The maximum Gasteiger partial charge on any atom is 0.432 e. The maximum absolute atomic E-state index is 15.3. The molecule has 3 aromatic carbocycles. The molecule has 0 N–H and O–H groups in total. The Kier molecular flexibility index (Phi) is 12.2. The summed E-state index contributed by atoms with van der Waals surface area (Å²) in [7, 11) is 0. The first-order chi connectivity index (χ1) is 20.6. The summed E-state index contributed by atoms with van der Waals surface area (Å²) in [5.41, 5.74) is -0.510. The van der Waals surface area contributed by atoms with Gasteiger partial charge in [-0.05, 0) is 66.3 Å². The first-order valence-electron chi connectivity index (χ1n) is 13.0. The van der Waals surface area contributed by atoms with Gasteiger partial charge in [0.1, 0.15) is 27.0 Å². The van der Waals surface area contributed by atoms with Crippen molar-refractivity contribution in [3.8, 4) is 16.9 Å². The van der Waals surface area contributed by atoms with Gasteiger partial charge in [-0.2, -0.15) is 28.2 Å². The van der Waals surface area contributed by atoms with Gasteiger partial charge in [0, 0.05) is 0 Å². The molecule has 0 amide bonds. The molecule has 0 radical (unpaired) electrons. The Morgan fingerprint density at radius 3 is 1.60 bits per heavy atom. The summed E-state index contributed by atoms with van der Waals surface area (Å²) in [6.45, 7) is 2.17. The monoisotopic (exact) mass is 706 g/mol. The van der Waals surface area contributed by atoms with Crippen LogP contribution in [-0.2, 0) is 6.11 Å². The Morgan fingerprint density at radius 1 is 0.698 bits per heavy atom. The molecule has 43 heavy (non-hydrogen) atoms. The first-order valence-corrected chi connectivity index (χ1v) is 16.6. The van der Waals surface area contributed by atoms with Crippen molar-refractivity contribution >= 4 is 60.7 Å². The lowest BCUT2D eigenvalue weighted by Crippen LogP contribution is -2.26. The molecule has 15 heteroatoms. The largest absolute Gasteiger partial charge is 0.432 e. The van der Waals surface area contributed by atoms with Gasteiger partial charge in [-0.15, -0.1) is 0 Å². The Balaban J connectivity index is 1.64. The predicted octanol–water partition coefficient (Wildman–Crippen LogP) is 13.7. The van der Waals surface area contributed by atoms with Crippen LogP contribution >= 0.6 is 60.7 Å². The second kappa shape index (κ2) is 15.2. The van der Waals surface area contributed by atoms with Crippen molar-refractivity contribution in [1.82, 2.24) is 0 Å². The molecule has 0 unspecified atom stereocenters. The lowest BCUT2D eigenvalue weighted by molar-refractivity contribution is -0.192. The molecule has 0 spiro atoms. The number of hydrogen-bond acceptors (Lipinski definition) is 6. The highest BCUT2D eigenvalue weighted by molar-refractivity contribution is 8.00. The standard InChI is InChI=1S/C28H23F9OS5/c1-2-3-14-4-6-15(7-5-14)16-8-10-17(11-9-16)18-12-19(29)21(20(30)13-18)28(31,32)38-22-23(39-33)25(41-35)27(43-37)26(42-36)24(22)40-34/h8-15H,2-7H2,1H3. The minimum atomic E-state index is -4.91. The quantitative estimate of drug-likeness (QED) is 0.172. The van der Waals surface area contributed by atoms with E-state index in [-0.39, 0.29) is 5.56 Å². The summed E-state index contributed by atoms with van der Waals surface area (Å²) in [6.07, 6.45) is 1.77. The molecule has 1 saturated carbocycles. The maximum atomic E-state index is 15.3. The van der Waals surface area contributed by atoms with E-state index >= 15 is 17.6 Å². The molecule has 234 valence electrons. The molecule has 1 fully saturated rings. The van der Waals surface area contributed by atoms with Crippen molar-refractivity contribution in [2.75, 3.05) is 0 Å². The van der Waals surface area contributed by atoms with Crippen molar-refractivity contribution in [1.29, 1.82) is 0 Å². The van der Waals surface area contributed by atoms with Crippen molar-refractivity contribution in [2.24, 2.45) is 5.92 Å². The molecule has 1 aliphatic rings. The molecular formula is C28H23F9OS5. The van der Waals surface area contributed by atoms with Gasteiger partial charge in [-0.3, -0.25) is 0 Å². The predicted molar refractivity (Wildman–Crippen MR) is 157 cm³/mol. The summed E-state index contributed by atoms with van der Waals surface area (Å²) >= 11 is -4.27. The Hall–Kier alpha value is -1.42. The van der Waals surface area contributed by atoms with Gasteiger partial charge in [-0.25, -0.2) is 8.78 Å². The SMILES string of the molecule is CCCC1CCC(c2ccc(-c3cc(F)c(C(F)(F)Oc4c(SF)c(SF)c(SF)c(SF)c4SF)c(F)c3)cc2)CC1. The third-order valence-electron chi connectivity index (χ3n) is 7.45. The van der Waals surface area contributed by atoms with E-state index in [1.807, 2.05) is 12.1 Å². The zero-order chi connectivity index (χ0) is 31.3. The normalized spacial score (nSPS) is 17.3. The van der Waals surface area contributed by atoms with Crippen molar-refractivity contribution < 1.29 is 41.7 Å². The van der Waals surface area contributed by atoms with Crippen LogP contribution in [0.1, 0.15) is 62.5 Å². The lowest BCUT2D eigenvalue weighted by atomic mass is 9.77. The smallest absolute Gasteiger partial charge is 0.426 e. The molecule has 0 aliphatic heterocycles. The second-order valence-corrected chi connectivity index (χ2v) is 12.7. The van der Waals surface area contributed by atoms with Crippen molar-refractivity contribution in [3.05, 3.63) is 59.2 Å². The van der Waals surface area contributed by atoms with Crippen LogP contribution in [0.15, 0.2) is 60.9 Å². The fourth-order valence-corrected chi connectivity index (χ4v) is 8.20. The van der Waals surface area contributed by atoms with E-state index in [1.165, 1.54) is 6.42 Å². The highest BCUT2D eigenvalue weighted by atomic mass is 32.2. The molecule has 3 aromatic rings. The van der Waals surface area contributed by atoms with Crippen LogP contribution in [0, 0.1) is 17.6 Å². The molecule has 0 bridgehead atoms. The molecule has 0 aromatic heterocycles. The van der Waals surface area contributed by atoms with E-state index in [1.54, 1.807) is 12.1 Å². The van der Waals surface area contributed by atoms with Gasteiger partial charge in [-0.1, -0.05) is 44.0 Å². The summed E-state index contributed by atoms with van der Waals surface area (Å²) in [5, 5.41) is 0. The number of ether oxygens (including phenoxy) is 1. The van der Waals surface area contributed by atoms with E-state index < -0.39 is 114 Å². The van der Waals surface area contributed by atoms with Crippen LogP contribution in [0.25, 0.3) is 11.1 Å². The van der Waals surface area contributed by atoms with E-state index in [0.717, 1.165) is 43.6 Å². The molecule has 4 rings (SSSR count). The van der Waals surface area contributed by atoms with Crippen LogP contribution in [-0.4, -0.2) is 0 Å². The zero-order valence-electron chi connectivity index (χ0n) is 22.2. The van der Waals surface area contributed by atoms with Crippen LogP contribution in [0.2, 0.25) is 0 Å². The summed E-state index contributed by atoms with van der Waals surface area (Å²) in [6, 6.07) is 8.28. The van der Waals surface area contributed by atoms with Gasteiger partial charge >= 0.3 is 6.11 Å². The summed E-state index contributed by atoms with van der Waals surface area (Å²) in [5.74, 6) is -3.85. The van der Waals surface area contributed by atoms with Crippen molar-refractivity contribution in [2.45, 2.75) is 82.0 Å². The van der Waals surface area contributed by atoms with E-state index in [0.29, 0.717) is 23.6 Å². The van der Waals surface area contributed by atoms with Crippen molar-refractivity contribution in [3.63, 3.8) is 0 Å². The molecule has 0 heterocycles. The third kappa shape index (κ3) is 7.36. The highest BCUT2D eigenvalue weighted by Crippen LogP contribution is 2.57. The number of benzene rings is 3. The number of hydrogen-bond donors (Lipinski definition) is 0. The van der Waals surface area contributed by atoms with Gasteiger partial charge in [0.2, 0.25) is 0 Å². The topological polar surface area (TPSA) is 9.23 Å². The van der Waals surface area contributed by atoms with Crippen LogP contribution in [0.3, 0.4) is 0 Å². The lowest BCUT2D eigenvalue weighted by Gasteiger charge is -2.28. The average Bonchev–Trinajstić information content (AvgIpc) is 3.00. The Bertz CT molecular complexity index is 1360. The van der Waals surface area contributed by atoms with E-state index in [2.05, 4.69) is 11.7 Å². The molecule has 0 atom stereocenters. The zero-order valence-corrected chi connectivity index (χ0v) is 26.3. The number of halogens is 9. The van der Waals surface area contributed by atoms with Gasteiger partial charge < -0.3 is 4.74 Å². The average molecular weight is 707 g/mol. The molecular weight excluding hydrogens is 684 g/mol. The molecule has 1 nitrogen and oxygen atoms in total. The minimum Gasteiger partial charge on any atom is -0.426 e. The third-order valence-corrected chi connectivity index (χ3v) is 10.7. The van der Waals surface area contributed by atoms with Gasteiger partial charge in [0.25, 0.3) is 0 Å². The molecule has 0 saturated heterocycles. The fraction of sp³-hybridized carbons (Fsp3) is 0.357. The highest BCUT2D eigenvalue weighted by Gasteiger charge is 2.44. The number of rotatable bonds is 12.